The van der Waals surface area contributed by atoms with Crippen molar-refractivity contribution in [3.05, 3.63) is 195 Å². The van der Waals surface area contributed by atoms with E-state index < -0.39 is 0 Å². The van der Waals surface area contributed by atoms with Gasteiger partial charge in [0.05, 0.1) is 42.0 Å². The van der Waals surface area contributed by atoms with E-state index in [1.165, 1.54) is 0 Å². The zero-order valence-electron chi connectivity index (χ0n) is 33.5. The lowest BCUT2D eigenvalue weighted by molar-refractivity contribution is 0.415. The molecule has 5 aromatic heterocycles. The minimum atomic E-state index is 0.759. The molecule has 11 aromatic rings. The van der Waals surface area contributed by atoms with Crippen LogP contribution in [0.15, 0.2) is 195 Å². The second-order valence-corrected chi connectivity index (χ2v) is 14.9. The first-order valence-corrected chi connectivity index (χ1v) is 20.1. The van der Waals surface area contributed by atoms with Gasteiger partial charge >= 0.3 is 0 Å². The Bertz CT molecular complexity index is 3180. The number of rotatable bonds is 9. The molecule has 0 aliphatic carbocycles. The summed E-state index contributed by atoms with van der Waals surface area (Å²) in [4.78, 5) is 16.5. The normalized spacial score (nSPS) is 11.4. The lowest BCUT2D eigenvalue weighted by atomic mass is 10.0. The summed E-state index contributed by atoms with van der Waals surface area (Å²) in [5.74, 6) is 3.10. The second kappa shape index (κ2) is 14.9. The van der Waals surface area contributed by atoms with E-state index in [1.54, 1.807) is 20.4 Å². The Hall–Kier alpha value is -8.23. The lowest BCUT2D eigenvalue weighted by Gasteiger charge is -2.27. The van der Waals surface area contributed by atoms with Crippen molar-refractivity contribution >= 4 is 60.7 Å². The summed E-state index contributed by atoms with van der Waals surface area (Å²) >= 11 is 0. The SMILES string of the molecule is COc1ccc2c(c1)c1cc(OC)ccc1n2-c1cc(N(c2ccc(-c3ccncc3)cc2)c2ccc(-c3cccnc3)cc2)cc(-n2c3ccccc3c3ccccc32)n1. The van der Waals surface area contributed by atoms with Crippen LogP contribution >= 0.6 is 0 Å². The number of anilines is 3. The van der Waals surface area contributed by atoms with E-state index in [0.29, 0.717) is 0 Å². The maximum Gasteiger partial charge on any atom is 0.142 e. The van der Waals surface area contributed by atoms with Gasteiger partial charge in [0.25, 0.3) is 0 Å². The number of fused-ring (bicyclic) bond motifs is 6. The molecule has 0 N–H and O–H groups in total. The fourth-order valence-electron chi connectivity index (χ4n) is 8.63. The molecular weight excluding hydrogens is 753 g/mol. The molecule has 0 radical (unpaired) electrons. The fraction of sp³-hybridized carbons (Fsp3) is 0.0377. The van der Waals surface area contributed by atoms with E-state index in [9.17, 15) is 0 Å². The molecule has 0 bridgehead atoms. The van der Waals surface area contributed by atoms with E-state index in [0.717, 1.165) is 106 Å². The van der Waals surface area contributed by atoms with Crippen LogP contribution in [0.1, 0.15) is 0 Å². The summed E-state index contributed by atoms with van der Waals surface area (Å²) in [5, 5.41) is 4.40. The first-order chi connectivity index (χ1) is 30.1. The van der Waals surface area contributed by atoms with Gasteiger partial charge in [-0.15, -0.1) is 0 Å². The third-order valence-electron chi connectivity index (χ3n) is 11.5. The minimum Gasteiger partial charge on any atom is -0.497 e. The zero-order valence-corrected chi connectivity index (χ0v) is 33.5. The van der Waals surface area contributed by atoms with Crippen molar-refractivity contribution in [2.24, 2.45) is 0 Å². The molecule has 0 aliphatic rings. The van der Waals surface area contributed by atoms with Crippen molar-refractivity contribution < 1.29 is 9.47 Å². The van der Waals surface area contributed by atoms with Gasteiger partial charge < -0.3 is 14.4 Å². The Morgan fingerprint density at radius 1 is 0.393 bits per heavy atom. The Labute approximate surface area is 352 Å². The van der Waals surface area contributed by atoms with Gasteiger partial charge in [-0.05, 0) is 113 Å². The molecule has 0 saturated heterocycles. The van der Waals surface area contributed by atoms with E-state index in [1.807, 2.05) is 48.9 Å². The van der Waals surface area contributed by atoms with E-state index >= 15 is 0 Å². The standard InChI is InChI=1S/C53H38N6O2/c1-60-42-21-23-50-46(32-42)47-33-43(61-2)22-24-51(47)59(50)53-31-41(30-52(56-53)58-48-11-5-3-9-44(48)45-10-4-6-12-49(45)58)57(39-17-13-35(14-18-39)37-25-28-54-29-26-37)40-19-15-36(16-20-40)38-8-7-27-55-34-38/h3-34H,1-2H3. The minimum absolute atomic E-state index is 0.759. The molecule has 5 heterocycles. The van der Waals surface area contributed by atoms with Gasteiger partial charge in [-0.2, -0.15) is 0 Å². The van der Waals surface area contributed by atoms with Crippen LogP contribution in [0.25, 0.3) is 77.5 Å². The Morgan fingerprint density at radius 2 is 0.885 bits per heavy atom. The van der Waals surface area contributed by atoms with Gasteiger partial charge in [-0.25, -0.2) is 4.98 Å². The van der Waals surface area contributed by atoms with Crippen LogP contribution < -0.4 is 14.4 Å². The molecule has 0 fully saturated rings. The van der Waals surface area contributed by atoms with Crippen LogP contribution in [0.2, 0.25) is 0 Å². The van der Waals surface area contributed by atoms with E-state index in [4.69, 9.17) is 14.5 Å². The number of para-hydroxylation sites is 2. The van der Waals surface area contributed by atoms with Crippen LogP contribution in [-0.2, 0) is 0 Å². The maximum absolute atomic E-state index is 5.74. The van der Waals surface area contributed by atoms with Gasteiger partial charge in [-0.3, -0.25) is 19.1 Å². The summed E-state index contributed by atoms with van der Waals surface area (Å²) in [5.41, 5.74) is 11.4. The monoisotopic (exact) mass is 790 g/mol. The molecule has 292 valence electrons. The van der Waals surface area contributed by atoms with Crippen LogP contribution in [0, 0.1) is 0 Å². The number of benzene rings is 6. The molecule has 8 heteroatoms. The van der Waals surface area contributed by atoms with Crippen molar-refractivity contribution in [2.45, 2.75) is 0 Å². The lowest BCUT2D eigenvalue weighted by Crippen LogP contribution is -2.13. The van der Waals surface area contributed by atoms with Crippen molar-refractivity contribution in [3.8, 4) is 45.4 Å². The summed E-state index contributed by atoms with van der Waals surface area (Å²) in [6.07, 6.45) is 7.35. The number of hydrogen-bond donors (Lipinski definition) is 0. The molecule has 0 aliphatic heterocycles. The highest BCUT2D eigenvalue weighted by atomic mass is 16.5. The highest BCUT2D eigenvalue weighted by molar-refractivity contribution is 6.11. The predicted molar refractivity (Wildman–Crippen MR) is 247 cm³/mol. The highest BCUT2D eigenvalue weighted by Crippen LogP contribution is 2.42. The van der Waals surface area contributed by atoms with Crippen molar-refractivity contribution in [2.75, 3.05) is 19.1 Å². The molecule has 61 heavy (non-hydrogen) atoms. The summed E-state index contributed by atoms with van der Waals surface area (Å²) in [7, 11) is 3.40. The van der Waals surface area contributed by atoms with Crippen molar-refractivity contribution in [1.29, 1.82) is 0 Å². The first-order valence-electron chi connectivity index (χ1n) is 20.1. The Kier molecular flexibility index (Phi) is 8.74. The van der Waals surface area contributed by atoms with Gasteiger partial charge in [0, 0.05) is 69.8 Å². The topological polar surface area (TPSA) is 70.2 Å². The molecule has 8 nitrogen and oxygen atoms in total. The van der Waals surface area contributed by atoms with Crippen LogP contribution in [0.4, 0.5) is 17.1 Å². The maximum atomic E-state index is 5.74. The Balaban J connectivity index is 1.20. The van der Waals surface area contributed by atoms with Crippen LogP contribution in [0.3, 0.4) is 0 Å². The number of hydrogen-bond acceptors (Lipinski definition) is 6. The molecule has 0 unspecified atom stereocenters. The molecule has 6 aromatic carbocycles. The quantitative estimate of drug-likeness (QED) is 0.145. The average molecular weight is 791 g/mol. The molecule has 11 rings (SSSR count). The largest absolute Gasteiger partial charge is 0.497 e. The number of methoxy groups -OCH3 is 2. The van der Waals surface area contributed by atoms with Gasteiger partial charge in [0.15, 0.2) is 0 Å². The number of aromatic nitrogens is 5. The third kappa shape index (κ3) is 6.20. The Morgan fingerprint density at radius 3 is 1.39 bits per heavy atom. The summed E-state index contributed by atoms with van der Waals surface area (Å²) in [6, 6.07) is 59.4. The zero-order chi connectivity index (χ0) is 40.9. The number of pyridine rings is 3. The summed E-state index contributed by atoms with van der Waals surface area (Å²) < 4.78 is 16.0. The molecule has 0 saturated carbocycles. The third-order valence-corrected chi connectivity index (χ3v) is 11.5. The predicted octanol–water partition coefficient (Wildman–Crippen LogP) is 12.9. The van der Waals surface area contributed by atoms with Crippen molar-refractivity contribution in [3.63, 3.8) is 0 Å². The molecule has 0 atom stereocenters. The number of nitrogens with zero attached hydrogens (tertiary/aromatic N) is 6. The molecule has 0 spiro atoms. The van der Waals surface area contributed by atoms with Gasteiger partial charge in [0.2, 0.25) is 0 Å². The van der Waals surface area contributed by atoms with E-state index in [2.05, 4.69) is 164 Å². The van der Waals surface area contributed by atoms with Gasteiger partial charge in [-0.1, -0.05) is 66.7 Å². The van der Waals surface area contributed by atoms with Gasteiger partial charge in [0.1, 0.15) is 23.1 Å². The average Bonchev–Trinajstić information content (AvgIpc) is 3.85. The fourth-order valence-corrected chi connectivity index (χ4v) is 8.63. The number of ether oxygens (including phenoxy) is 2. The highest BCUT2D eigenvalue weighted by Gasteiger charge is 2.22. The molecule has 0 amide bonds. The smallest absolute Gasteiger partial charge is 0.142 e. The van der Waals surface area contributed by atoms with E-state index in [-0.39, 0.29) is 0 Å². The van der Waals surface area contributed by atoms with Crippen LogP contribution in [0.5, 0.6) is 11.5 Å². The second-order valence-electron chi connectivity index (χ2n) is 14.9. The van der Waals surface area contributed by atoms with Crippen LogP contribution in [-0.4, -0.2) is 38.3 Å². The van der Waals surface area contributed by atoms with Crippen molar-refractivity contribution in [1.82, 2.24) is 24.1 Å². The molecular formula is C53H38N6O2. The first kappa shape index (κ1) is 35.9. The summed E-state index contributed by atoms with van der Waals surface area (Å²) in [6.45, 7) is 0.